The van der Waals surface area contributed by atoms with Crippen molar-refractivity contribution in [2.45, 2.75) is 110 Å². The van der Waals surface area contributed by atoms with E-state index < -0.39 is 35.9 Å². The molecule has 0 aliphatic carbocycles. The van der Waals surface area contributed by atoms with Gasteiger partial charge in [-0.2, -0.15) is 9.59 Å². The van der Waals surface area contributed by atoms with Crippen molar-refractivity contribution in [3.63, 3.8) is 0 Å². The fourth-order valence-corrected chi connectivity index (χ4v) is 9.48. The summed E-state index contributed by atoms with van der Waals surface area (Å²) < 4.78 is 0. The molecule has 1 unspecified atom stereocenters. The van der Waals surface area contributed by atoms with E-state index in [0.29, 0.717) is 50.3 Å². The van der Waals surface area contributed by atoms with Crippen LogP contribution in [0.25, 0.3) is 10.8 Å². The molecule has 3 amide bonds. The standard InChI is InChI=1S/C55H83N9O9S.CO2.Lu/c1-4-61-29-30-62(5-2)33-34-64(40-51(68)69)47(39-63(6-3)32-31-61)37-41-21-24-46(25-22-41)59-55(74)58-27-12-7-8-17-48(65)38-45(36-42-20-23-43-15-9-10-16-44(43)35-42)52(70)56-26-13-11-18-49(53(71)72)60-54(73)57-28-14-19-50(66)67;2-1-3;/h9-10,15-16,20-25,35,45,47,49H,4-8,11-14,17-19,26-34,36-40H2,1-3H3,(H,56,70)(H,66,67)(H,68,69)(H,71,72)(H2,57,60,73)(H2,58,59,74);;/q;;+3/t45-,47?,49+;;/m1../s1. The van der Waals surface area contributed by atoms with Crippen LogP contribution in [-0.4, -0.2) is 186 Å². The van der Waals surface area contributed by atoms with Gasteiger partial charge in [0.15, 0.2) is 5.11 Å². The molecule has 20 nitrogen and oxygen atoms in total. The Kier molecular flexibility index (Phi) is 35.5. The molecule has 78 heavy (non-hydrogen) atoms. The number of amides is 3. The minimum Gasteiger partial charge on any atom is -0.481 e. The van der Waals surface area contributed by atoms with Gasteiger partial charge in [0.2, 0.25) is 5.91 Å². The second kappa shape index (κ2) is 40.1. The summed E-state index contributed by atoms with van der Waals surface area (Å²) in [7, 11) is 0. The maximum atomic E-state index is 13.6. The molecule has 1 saturated heterocycles. The Morgan fingerprint density at radius 1 is 0.667 bits per heavy atom. The number of carboxylic acid groups (broad SMARTS) is 3. The summed E-state index contributed by atoms with van der Waals surface area (Å²) in [6.45, 7) is 16.6. The van der Waals surface area contributed by atoms with E-state index in [1.165, 1.54) is 0 Å². The molecule has 0 bridgehead atoms. The molecule has 8 N–H and O–H groups in total. The van der Waals surface area contributed by atoms with Gasteiger partial charge in [0.25, 0.3) is 0 Å². The Hall–Kier alpha value is -5.12. The van der Waals surface area contributed by atoms with Crippen molar-refractivity contribution in [3.8, 4) is 0 Å². The molecule has 1 heterocycles. The number of hydrogen-bond acceptors (Lipinski definition) is 13. The van der Waals surface area contributed by atoms with Gasteiger partial charge in [0, 0.05) is 102 Å². The molecule has 22 heteroatoms. The van der Waals surface area contributed by atoms with Gasteiger partial charge in [-0.25, -0.2) is 9.59 Å². The number of anilines is 1. The first-order chi connectivity index (χ1) is 37.1. The molecule has 1 aliphatic heterocycles. The molecule has 1 aliphatic rings. The molecular formula is C56H83LuN9O11S+3. The number of nitrogens with zero attached hydrogens (tertiary/aromatic N) is 4. The zero-order chi connectivity index (χ0) is 56.4. The quantitative estimate of drug-likeness (QED) is 0.0319. The number of Topliss-reactive ketones (excluding diaryl/α,β-unsaturated/α-hetero) is 1. The summed E-state index contributed by atoms with van der Waals surface area (Å²) in [5.74, 6) is -3.83. The maximum Gasteiger partial charge on any atom is 3.00 e. The molecular weight excluding hydrogens is 1180 g/mol. The molecule has 436 valence electrons. The molecule has 3 aromatic rings. The zero-order valence-corrected chi connectivity index (χ0v) is 48.0. The Balaban J connectivity index is 0.00000508. The van der Waals surface area contributed by atoms with Crippen molar-refractivity contribution < 1.29 is 90.6 Å². The summed E-state index contributed by atoms with van der Waals surface area (Å²) in [5, 5.41) is 45.3. The van der Waals surface area contributed by atoms with Crippen LogP contribution in [0.1, 0.15) is 96.1 Å². The van der Waals surface area contributed by atoms with Gasteiger partial charge in [0.05, 0.1) is 6.54 Å². The van der Waals surface area contributed by atoms with E-state index in [2.05, 4.69) is 79.1 Å². The molecule has 0 spiro atoms. The largest absolute Gasteiger partial charge is 3.00 e. The third-order valence-electron chi connectivity index (χ3n) is 13.8. The minimum atomic E-state index is -1.20. The van der Waals surface area contributed by atoms with E-state index in [9.17, 15) is 39.0 Å². The van der Waals surface area contributed by atoms with E-state index in [-0.39, 0.29) is 106 Å². The van der Waals surface area contributed by atoms with E-state index in [1.54, 1.807) is 0 Å². The van der Waals surface area contributed by atoms with Crippen LogP contribution in [0.2, 0.25) is 0 Å². The average molecular weight is 1270 g/mol. The number of hydrogen-bond donors (Lipinski definition) is 8. The molecule has 4 rings (SSSR count). The van der Waals surface area contributed by atoms with E-state index in [4.69, 9.17) is 26.9 Å². The first kappa shape index (κ1) is 69.0. The van der Waals surface area contributed by atoms with Crippen LogP contribution < -0.4 is 26.6 Å². The number of carboxylic acids is 3. The second-order valence-corrected chi connectivity index (χ2v) is 19.8. The predicted molar refractivity (Wildman–Crippen MR) is 300 cm³/mol. The monoisotopic (exact) mass is 1260 g/mol. The Bertz CT molecular complexity index is 2340. The Morgan fingerprint density at radius 2 is 1.26 bits per heavy atom. The number of rotatable bonds is 30. The normalized spacial score (nSPS) is 15.5. The third kappa shape index (κ3) is 28.7. The average Bonchev–Trinajstić information content (AvgIpc) is 3.40. The van der Waals surface area contributed by atoms with Gasteiger partial charge in [-0.15, -0.1) is 0 Å². The van der Waals surface area contributed by atoms with Crippen molar-refractivity contribution in [2.24, 2.45) is 5.92 Å². The summed E-state index contributed by atoms with van der Waals surface area (Å²) in [6, 6.07) is 20.4. The third-order valence-corrected chi connectivity index (χ3v) is 14.0. The van der Waals surface area contributed by atoms with Crippen molar-refractivity contribution in [2.75, 3.05) is 96.9 Å². The van der Waals surface area contributed by atoms with E-state index >= 15 is 0 Å². The number of ketones is 1. The van der Waals surface area contributed by atoms with Crippen LogP contribution in [0.15, 0.2) is 66.7 Å². The fourth-order valence-electron chi connectivity index (χ4n) is 9.26. The number of aliphatic carboxylic acids is 3. The fraction of sp³-hybridized carbons (Fsp3) is 0.571. The zero-order valence-electron chi connectivity index (χ0n) is 45.5. The molecule has 0 saturated carbocycles. The van der Waals surface area contributed by atoms with Gasteiger partial charge in [-0.3, -0.25) is 24.1 Å². The van der Waals surface area contributed by atoms with Gasteiger partial charge in [0.1, 0.15) is 11.8 Å². The van der Waals surface area contributed by atoms with E-state index in [1.807, 2.05) is 54.6 Å². The van der Waals surface area contributed by atoms with Crippen LogP contribution in [-0.2, 0) is 46.4 Å². The number of carbonyl (C=O) groups excluding carboxylic acids is 5. The number of likely N-dealkylation sites (N-methyl/N-ethyl adjacent to an activating group) is 3. The SMILES string of the molecule is CCN1CCN(CC)CCN(CC(=O)O)C(Cc2ccc(NC(=S)NCCCCCC(=O)C[C@@H](Cc3ccc4ccccc4c3)C(=O)NCCCC[C@H](NC(=O)NCCCC(=O)O)C(=O)O)cc2)CN(CC)CC1.O=C=O.[Lu+3]. The van der Waals surface area contributed by atoms with Crippen LogP contribution in [0, 0.1) is 42.8 Å². The maximum absolute atomic E-state index is 13.6. The number of fused-ring (bicyclic) bond motifs is 1. The van der Waals surface area contributed by atoms with Gasteiger partial charge < -0.3 is 56.6 Å². The van der Waals surface area contributed by atoms with Crippen LogP contribution >= 0.6 is 12.2 Å². The molecule has 3 atom stereocenters. The molecule has 0 aromatic heterocycles. The first-order valence-electron chi connectivity index (χ1n) is 27.1. The first-order valence-corrected chi connectivity index (χ1v) is 27.5. The smallest absolute Gasteiger partial charge is 0.481 e. The summed E-state index contributed by atoms with van der Waals surface area (Å²) in [6.07, 6.45) is 5.13. The Morgan fingerprint density at radius 3 is 1.88 bits per heavy atom. The van der Waals surface area contributed by atoms with Crippen molar-refractivity contribution in [1.82, 2.24) is 40.9 Å². The number of benzene rings is 3. The van der Waals surface area contributed by atoms with Crippen molar-refractivity contribution in [1.29, 1.82) is 0 Å². The summed E-state index contributed by atoms with van der Waals surface area (Å²) >= 11 is 5.62. The summed E-state index contributed by atoms with van der Waals surface area (Å²) in [4.78, 5) is 99.5. The number of unbranched alkanes of at least 4 members (excludes halogenated alkanes) is 3. The van der Waals surface area contributed by atoms with Gasteiger partial charge in [-0.05, 0) is 117 Å². The minimum absolute atomic E-state index is 0. The number of urea groups is 1. The van der Waals surface area contributed by atoms with Crippen LogP contribution in [0.3, 0.4) is 0 Å². The second-order valence-electron chi connectivity index (χ2n) is 19.4. The number of thiocarbonyl (C=S) groups is 1. The Labute approximate surface area is 494 Å². The topological polar surface area (TPSA) is 270 Å². The number of nitrogens with one attached hydrogen (secondary N) is 5. The predicted octanol–water partition coefficient (Wildman–Crippen LogP) is 5.10. The molecule has 3 aromatic carbocycles. The van der Waals surface area contributed by atoms with E-state index in [0.717, 1.165) is 106 Å². The molecule has 0 radical (unpaired) electrons. The number of carbonyl (C=O) groups is 6. The molecule has 1 fully saturated rings. The van der Waals surface area contributed by atoms with Crippen LogP contribution in [0.5, 0.6) is 0 Å². The van der Waals surface area contributed by atoms with Crippen LogP contribution in [0.4, 0.5) is 10.5 Å². The summed E-state index contributed by atoms with van der Waals surface area (Å²) in [5.41, 5.74) is 2.92. The van der Waals surface area contributed by atoms with Gasteiger partial charge >= 0.3 is 67.0 Å². The van der Waals surface area contributed by atoms with Gasteiger partial charge in [-0.1, -0.05) is 81.8 Å². The van der Waals surface area contributed by atoms with Crippen molar-refractivity contribution >= 4 is 75.6 Å². The van der Waals surface area contributed by atoms with Crippen molar-refractivity contribution in [3.05, 3.63) is 77.9 Å².